The van der Waals surface area contributed by atoms with Crippen LogP contribution >= 0.6 is 0 Å². The molecule has 0 aliphatic carbocycles. The number of hydrogen-bond acceptors (Lipinski definition) is 11. The number of aliphatic hydroxyl groups is 4. The van der Waals surface area contributed by atoms with Gasteiger partial charge in [-0.3, -0.25) is 8.42 Å². The average Bonchev–Trinajstić information content (AvgIpc) is 3.05. The number of ether oxygens (including phenoxy) is 3. The van der Waals surface area contributed by atoms with Crippen molar-refractivity contribution in [3.8, 4) is 0 Å². The summed E-state index contributed by atoms with van der Waals surface area (Å²) >= 11 is 0. The van der Waals surface area contributed by atoms with Crippen LogP contribution in [0.15, 0.2) is 0 Å². The molecule has 4 N–H and O–H groups in total. The minimum absolute atomic E-state index is 0. The van der Waals surface area contributed by atoms with Gasteiger partial charge >= 0.3 is 59.1 Å². The molecule has 0 saturated carbocycles. The van der Waals surface area contributed by atoms with Crippen molar-refractivity contribution in [3.63, 3.8) is 0 Å². The number of aliphatic hydroxyl groups excluding tert-OH is 4. The van der Waals surface area contributed by atoms with Gasteiger partial charge in [-0.05, 0) is 38.5 Å². The predicted molar refractivity (Wildman–Crippen MR) is 191 cm³/mol. The summed E-state index contributed by atoms with van der Waals surface area (Å²) in [5.74, 6) is 0. The SMILES string of the molecule is CCCCCOCCCCC.CCCCCOCCCCC.CCCCCOCCCCC.O=S(=O)([O-])[O-].OCC(CO)(CO)CO.[Na+].[Na+]. The van der Waals surface area contributed by atoms with Crippen LogP contribution in [0, 0.1) is 5.41 Å². The molecular formula is C35H78Na2O11S. The second-order valence-electron chi connectivity index (χ2n) is 11.6. The van der Waals surface area contributed by atoms with Gasteiger partial charge < -0.3 is 43.7 Å². The second-order valence-corrected chi connectivity index (χ2v) is 12.4. The first-order valence-electron chi connectivity index (χ1n) is 18.3. The maximum Gasteiger partial charge on any atom is 1.00 e. The molecule has 0 aliphatic heterocycles. The molecule has 0 heterocycles. The van der Waals surface area contributed by atoms with E-state index in [0.717, 1.165) is 39.6 Å². The summed E-state index contributed by atoms with van der Waals surface area (Å²) in [6.07, 6.45) is 23.1. The van der Waals surface area contributed by atoms with E-state index in [1.807, 2.05) is 0 Å². The molecule has 49 heavy (non-hydrogen) atoms. The average molecular weight is 753 g/mol. The van der Waals surface area contributed by atoms with Gasteiger partial charge in [0.1, 0.15) is 0 Å². The third kappa shape index (κ3) is 79.5. The van der Waals surface area contributed by atoms with E-state index in [4.69, 9.17) is 52.2 Å². The van der Waals surface area contributed by atoms with Gasteiger partial charge in [-0.15, -0.1) is 0 Å². The van der Waals surface area contributed by atoms with Crippen molar-refractivity contribution in [3.05, 3.63) is 0 Å². The molecule has 0 atom stereocenters. The molecule has 11 nitrogen and oxygen atoms in total. The smallest absolute Gasteiger partial charge is 0.759 e. The zero-order chi connectivity index (χ0) is 36.9. The maximum absolute atomic E-state index is 8.52. The topological polar surface area (TPSA) is 189 Å². The Bertz CT molecular complexity index is 524. The van der Waals surface area contributed by atoms with E-state index in [0.29, 0.717) is 0 Å². The van der Waals surface area contributed by atoms with Crippen molar-refractivity contribution in [1.29, 1.82) is 0 Å². The Hall–Kier alpha value is 1.59. The van der Waals surface area contributed by atoms with Gasteiger partial charge in [0.05, 0.1) is 31.8 Å². The minimum Gasteiger partial charge on any atom is -0.759 e. The van der Waals surface area contributed by atoms with Crippen molar-refractivity contribution in [1.82, 2.24) is 0 Å². The molecule has 0 unspecified atom stereocenters. The Morgan fingerprint density at radius 2 is 0.551 bits per heavy atom. The fourth-order valence-corrected chi connectivity index (χ4v) is 3.33. The molecule has 0 radical (unpaired) electrons. The zero-order valence-electron chi connectivity index (χ0n) is 33.4. The molecule has 0 aromatic heterocycles. The van der Waals surface area contributed by atoms with Crippen molar-refractivity contribution in [2.45, 2.75) is 157 Å². The first kappa shape index (κ1) is 65.5. The van der Waals surface area contributed by atoms with Crippen molar-refractivity contribution >= 4 is 10.4 Å². The van der Waals surface area contributed by atoms with Crippen LogP contribution in [-0.2, 0) is 24.6 Å². The fraction of sp³-hybridized carbons (Fsp3) is 1.00. The Labute approximate surface area is 347 Å². The molecule has 0 bridgehead atoms. The molecule has 14 heteroatoms. The minimum atomic E-state index is -5.17. The monoisotopic (exact) mass is 753 g/mol. The van der Waals surface area contributed by atoms with Crippen LogP contribution in [-0.4, -0.2) is 104 Å². The van der Waals surface area contributed by atoms with Crippen molar-refractivity contribution in [2.75, 3.05) is 66.1 Å². The number of unbranched alkanes of at least 4 members (excludes halogenated alkanes) is 12. The largest absolute Gasteiger partial charge is 1.00 e. The molecule has 0 amide bonds. The third-order valence-corrected chi connectivity index (χ3v) is 6.70. The normalized spacial score (nSPS) is 10.4. The zero-order valence-corrected chi connectivity index (χ0v) is 38.2. The van der Waals surface area contributed by atoms with Gasteiger partial charge in [-0.25, -0.2) is 0 Å². The first-order chi connectivity index (χ1) is 22.5. The summed E-state index contributed by atoms with van der Waals surface area (Å²) in [4.78, 5) is 0. The summed E-state index contributed by atoms with van der Waals surface area (Å²) in [6, 6.07) is 0. The second kappa shape index (κ2) is 58.9. The Balaban J connectivity index is -0.0000000908. The van der Waals surface area contributed by atoms with E-state index >= 15 is 0 Å². The van der Waals surface area contributed by atoms with Gasteiger partial charge in [-0.2, -0.15) is 0 Å². The van der Waals surface area contributed by atoms with Crippen LogP contribution in [0.5, 0.6) is 0 Å². The van der Waals surface area contributed by atoms with E-state index < -0.39 is 42.2 Å². The predicted octanol–water partition coefficient (Wildman–Crippen LogP) is 0.762. The van der Waals surface area contributed by atoms with E-state index in [-0.39, 0.29) is 59.1 Å². The molecular weight excluding hydrogens is 674 g/mol. The maximum atomic E-state index is 8.52. The summed E-state index contributed by atoms with van der Waals surface area (Å²) in [6.45, 7) is 17.5. The van der Waals surface area contributed by atoms with E-state index in [1.165, 1.54) is 116 Å². The molecule has 0 spiro atoms. The molecule has 0 rings (SSSR count). The summed E-state index contributed by atoms with van der Waals surface area (Å²) in [5.41, 5.74) is -1.11. The Morgan fingerprint density at radius 1 is 0.408 bits per heavy atom. The standard InChI is InChI=1S/3C10H22O.C5H12O4.2Na.H2O4S/c3*1-3-5-7-9-11-10-8-6-4-2;6-1-5(2-7,3-8)4-9;;;1-5(2,3)4/h3*3-10H2,1-2H3;6-9H,1-4H2;;;(H2,1,2,3,4)/q;;;;2*+1;/p-2. The van der Waals surface area contributed by atoms with Gasteiger partial charge in [0.25, 0.3) is 0 Å². The number of rotatable bonds is 28. The quantitative estimate of drug-likeness (QED) is 0.0383. The van der Waals surface area contributed by atoms with Crippen molar-refractivity contribution in [2.24, 2.45) is 5.41 Å². The summed E-state index contributed by atoms with van der Waals surface area (Å²) in [5, 5.41) is 34.0. The van der Waals surface area contributed by atoms with Gasteiger partial charge in [0, 0.05) is 50.0 Å². The van der Waals surface area contributed by atoms with E-state index in [2.05, 4.69) is 41.5 Å². The fourth-order valence-electron chi connectivity index (χ4n) is 3.33. The van der Waals surface area contributed by atoms with Gasteiger partial charge in [0.2, 0.25) is 0 Å². The Morgan fingerprint density at radius 3 is 0.633 bits per heavy atom. The summed E-state index contributed by atoms with van der Waals surface area (Å²) in [7, 11) is -5.17. The van der Waals surface area contributed by atoms with Crippen LogP contribution in [0.25, 0.3) is 0 Å². The molecule has 0 fully saturated rings. The molecule has 0 aliphatic rings. The summed E-state index contributed by atoms with van der Waals surface area (Å²) < 4.78 is 50.4. The molecule has 0 aromatic rings. The first-order valence-corrected chi connectivity index (χ1v) is 19.7. The third-order valence-electron chi connectivity index (χ3n) is 6.70. The van der Waals surface area contributed by atoms with Crippen LogP contribution in [0.3, 0.4) is 0 Å². The van der Waals surface area contributed by atoms with Gasteiger partial charge in [-0.1, -0.05) is 119 Å². The molecule has 0 saturated heterocycles. The van der Waals surface area contributed by atoms with Crippen LogP contribution in [0.1, 0.15) is 157 Å². The molecule has 292 valence electrons. The molecule has 0 aromatic carbocycles. The van der Waals surface area contributed by atoms with E-state index in [9.17, 15) is 0 Å². The van der Waals surface area contributed by atoms with Crippen LogP contribution in [0.2, 0.25) is 0 Å². The van der Waals surface area contributed by atoms with Crippen LogP contribution < -0.4 is 59.1 Å². The Kier molecular flexibility index (Phi) is 78.7. The van der Waals surface area contributed by atoms with Crippen LogP contribution in [0.4, 0.5) is 0 Å². The van der Waals surface area contributed by atoms with Crippen molar-refractivity contribution < 1.29 is 111 Å². The number of hydrogen-bond donors (Lipinski definition) is 4. The van der Waals surface area contributed by atoms with Gasteiger partial charge in [0.15, 0.2) is 0 Å². The van der Waals surface area contributed by atoms with E-state index in [1.54, 1.807) is 0 Å².